The number of rotatable bonds is 4. The SMILES string of the molecule is C[C@H](Nc1ncnc2nc[nH]c12)c1nc2cccnc2n1-c1cscn1. The van der Waals surface area contributed by atoms with Crippen molar-refractivity contribution in [3.8, 4) is 5.82 Å². The summed E-state index contributed by atoms with van der Waals surface area (Å²) in [7, 11) is 0. The van der Waals surface area contributed by atoms with Gasteiger partial charge in [0.1, 0.15) is 23.2 Å². The number of fused-ring (bicyclic) bond motifs is 2. The monoisotopic (exact) mass is 363 g/mol. The topological polar surface area (TPSA) is 110 Å². The van der Waals surface area contributed by atoms with Gasteiger partial charge in [0.2, 0.25) is 0 Å². The lowest BCUT2D eigenvalue weighted by molar-refractivity contribution is 0.761. The number of anilines is 1. The Morgan fingerprint density at radius 3 is 3.04 bits per heavy atom. The van der Waals surface area contributed by atoms with Crippen molar-refractivity contribution in [1.29, 1.82) is 0 Å². The summed E-state index contributed by atoms with van der Waals surface area (Å²) in [6.07, 6.45) is 4.85. The van der Waals surface area contributed by atoms with Gasteiger partial charge in [-0.2, -0.15) is 0 Å². The zero-order chi connectivity index (χ0) is 17.5. The second-order valence-corrected chi connectivity index (χ2v) is 6.41. The van der Waals surface area contributed by atoms with Crippen molar-refractivity contribution in [2.45, 2.75) is 13.0 Å². The molecule has 5 rings (SSSR count). The molecule has 0 radical (unpaired) electrons. The summed E-state index contributed by atoms with van der Waals surface area (Å²) in [6.45, 7) is 2.02. The first-order valence-electron chi connectivity index (χ1n) is 7.94. The highest BCUT2D eigenvalue weighted by atomic mass is 32.1. The zero-order valence-corrected chi connectivity index (χ0v) is 14.5. The first kappa shape index (κ1) is 14.9. The van der Waals surface area contributed by atoms with Gasteiger partial charge in [0.25, 0.3) is 0 Å². The molecule has 2 N–H and O–H groups in total. The number of aromatic nitrogens is 8. The lowest BCUT2D eigenvalue weighted by Gasteiger charge is -2.15. The van der Waals surface area contributed by atoms with Crippen molar-refractivity contribution in [3.05, 3.63) is 47.7 Å². The van der Waals surface area contributed by atoms with Crippen LogP contribution in [0.15, 0.2) is 41.9 Å². The van der Waals surface area contributed by atoms with E-state index in [1.807, 2.05) is 29.0 Å². The Labute approximate surface area is 151 Å². The van der Waals surface area contributed by atoms with Gasteiger partial charge < -0.3 is 10.3 Å². The lowest BCUT2D eigenvalue weighted by Crippen LogP contribution is -2.14. The summed E-state index contributed by atoms with van der Waals surface area (Å²) in [4.78, 5) is 29.4. The predicted octanol–water partition coefficient (Wildman–Crippen LogP) is 2.72. The number of imidazole rings is 2. The van der Waals surface area contributed by atoms with Crippen LogP contribution in [-0.4, -0.2) is 39.5 Å². The van der Waals surface area contributed by atoms with Crippen LogP contribution in [0.3, 0.4) is 0 Å². The Hall–Kier alpha value is -3.40. The van der Waals surface area contributed by atoms with Crippen LogP contribution in [0.5, 0.6) is 0 Å². The summed E-state index contributed by atoms with van der Waals surface area (Å²) in [5, 5.41) is 5.37. The number of hydrogen-bond acceptors (Lipinski definition) is 8. The van der Waals surface area contributed by atoms with E-state index in [2.05, 4.69) is 35.2 Å². The first-order chi connectivity index (χ1) is 12.8. The largest absolute Gasteiger partial charge is 0.358 e. The Morgan fingerprint density at radius 1 is 1.19 bits per heavy atom. The fraction of sp³-hybridized carbons (Fsp3) is 0.125. The number of nitrogens with one attached hydrogen (secondary N) is 2. The molecule has 0 saturated heterocycles. The van der Waals surface area contributed by atoms with Crippen LogP contribution in [0, 0.1) is 0 Å². The minimum Gasteiger partial charge on any atom is -0.358 e. The van der Waals surface area contributed by atoms with Gasteiger partial charge in [-0.25, -0.2) is 29.9 Å². The average Bonchev–Trinajstić information content (AvgIpc) is 3.39. The van der Waals surface area contributed by atoms with Crippen molar-refractivity contribution >= 4 is 39.5 Å². The predicted molar refractivity (Wildman–Crippen MR) is 98.3 cm³/mol. The molecule has 0 aromatic carbocycles. The number of hydrogen-bond donors (Lipinski definition) is 2. The number of H-pyrrole nitrogens is 1. The maximum Gasteiger partial charge on any atom is 0.182 e. The highest BCUT2D eigenvalue weighted by Gasteiger charge is 2.21. The molecule has 0 spiro atoms. The van der Waals surface area contributed by atoms with Crippen molar-refractivity contribution in [2.24, 2.45) is 0 Å². The highest BCUT2D eigenvalue weighted by Crippen LogP contribution is 2.27. The van der Waals surface area contributed by atoms with E-state index in [0.29, 0.717) is 11.5 Å². The molecule has 0 bridgehead atoms. The number of nitrogens with zero attached hydrogens (tertiary/aromatic N) is 7. The van der Waals surface area contributed by atoms with E-state index in [-0.39, 0.29) is 6.04 Å². The second-order valence-electron chi connectivity index (χ2n) is 5.69. The van der Waals surface area contributed by atoms with E-state index < -0.39 is 0 Å². The third kappa shape index (κ3) is 2.30. The molecule has 0 aliphatic heterocycles. The first-order valence-corrected chi connectivity index (χ1v) is 8.88. The maximum absolute atomic E-state index is 4.77. The maximum atomic E-state index is 4.77. The fourth-order valence-electron chi connectivity index (χ4n) is 2.91. The van der Waals surface area contributed by atoms with Gasteiger partial charge in [-0.3, -0.25) is 4.57 Å². The second kappa shape index (κ2) is 5.85. The standard InChI is InChI=1S/C16H13N9S/c1-9(23-14-12-13(19-6-18-12)20-7-21-14)15-24-10-3-2-4-17-16(10)25(15)11-5-26-8-22-11/h2-9H,1H3,(H2,18,19,20,21,23)/t9-/m0/s1. The molecule has 0 saturated carbocycles. The minimum absolute atomic E-state index is 0.146. The van der Waals surface area contributed by atoms with Gasteiger partial charge in [-0.1, -0.05) is 0 Å². The van der Waals surface area contributed by atoms with E-state index in [0.717, 1.165) is 28.3 Å². The molecule has 9 nitrogen and oxygen atoms in total. The molecule has 5 aromatic heterocycles. The minimum atomic E-state index is -0.146. The van der Waals surface area contributed by atoms with E-state index >= 15 is 0 Å². The van der Waals surface area contributed by atoms with Crippen LogP contribution in [0.1, 0.15) is 18.8 Å². The van der Waals surface area contributed by atoms with E-state index in [1.165, 1.54) is 17.7 Å². The molecule has 0 fully saturated rings. The summed E-state index contributed by atoms with van der Waals surface area (Å²) in [5.41, 5.74) is 4.76. The van der Waals surface area contributed by atoms with E-state index in [9.17, 15) is 0 Å². The Kier molecular flexibility index (Phi) is 3.35. The van der Waals surface area contributed by atoms with Gasteiger partial charge in [0.15, 0.2) is 22.9 Å². The third-order valence-electron chi connectivity index (χ3n) is 4.05. The van der Waals surface area contributed by atoms with E-state index in [4.69, 9.17) is 4.98 Å². The normalized spacial score (nSPS) is 12.7. The van der Waals surface area contributed by atoms with Crippen molar-refractivity contribution in [1.82, 2.24) is 39.5 Å². The highest BCUT2D eigenvalue weighted by molar-refractivity contribution is 7.07. The van der Waals surface area contributed by atoms with Gasteiger partial charge >= 0.3 is 0 Å². The van der Waals surface area contributed by atoms with E-state index in [1.54, 1.807) is 18.0 Å². The summed E-state index contributed by atoms with van der Waals surface area (Å²) in [5.74, 6) is 2.27. The van der Waals surface area contributed by atoms with Crippen LogP contribution in [0.25, 0.3) is 28.1 Å². The van der Waals surface area contributed by atoms with Crippen molar-refractivity contribution < 1.29 is 0 Å². The smallest absolute Gasteiger partial charge is 0.182 e. The van der Waals surface area contributed by atoms with Crippen LogP contribution in [0.2, 0.25) is 0 Å². The molecule has 0 amide bonds. The van der Waals surface area contributed by atoms with Crippen molar-refractivity contribution in [2.75, 3.05) is 5.32 Å². The molecular formula is C16H13N9S. The quantitative estimate of drug-likeness (QED) is 0.505. The van der Waals surface area contributed by atoms with Crippen molar-refractivity contribution in [3.63, 3.8) is 0 Å². The summed E-state index contributed by atoms with van der Waals surface area (Å²) < 4.78 is 1.97. The lowest BCUT2D eigenvalue weighted by atomic mass is 10.3. The molecule has 128 valence electrons. The summed E-state index contributed by atoms with van der Waals surface area (Å²) in [6, 6.07) is 3.67. The molecular weight excluding hydrogens is 350 g/mol. The Morgan fingerprint density at radius 2 is 2.15 bits per heavy atom. The van der Waals surface area contributed by atoms with Gasteiger partial charge in [0, 0.05) is 11.6 Å². The number of pyridine rings is 1. The van der Waals surface area contributed by atoms with Crippen LogP contribution in [0.4, 0.5) is 5.82 Å². The summed E-state index contributed by atoms with van der Waals surface area (Å²) >= 11 is 1.53. The Bertz CT molecular complexity index is 1190. The molecule has 10 heteroatoms. The molecule has 0 unspecified atom stereocenters. The van der Waals surface area contributed by atoms with Gasteiger partial charge in [-0.15, -0.1) is 11.3 Å². The average molecular weight is 363 g/mol. The van der Waals surface area contributed by atoms with Crippen LogP contribution < -0.4 is 5.32 Å². The molecule has 0 aliphatic rings. The Balaban J connectivity index is 1.62. The van der Waals surface area contributed by atoms with Crippen LogP contribution >= 0.6 is 11.3 Å². The fourth-order valence-corrected chi connectivity index (χ4v) is 3.42. The zero-order valence-electron chi connectivity index (χ0n) is 13.7. The number of aromatic amines is 1. The van der Waals surface area contributed by atoms with Gasteiger partial charge in [-0.05, 0) is 19.1 Å². The molecule has 0 aliphatic carbocycles. The van der Waals surface area contributed by atoms with Gasteiger partial charge in [0.05, 0.1) is 17.9 Å². The van der Waals surface area contributed by atoms with Crippen LogP contribution in [-0.2, 0) is 0 Å². The molecule has 26 heavy (non-hydrogen) atoms. The molecule has 5 heterocycles. The molecule has 5 aromatic rings. The number of thiazole rings is 1. The third-order valence-corrected chi connectivity index (χ3v) is 4.63. The molecule has 1 atom stereocenters.